The van der Waals surface area contributed by atoms with E-state index in [-0.39, 0.29) is 5.91 Å². The molecule has 1 aliphatic rings. The summed E-state index contributed by atoms with van der Waals surface area (Å²) in [6.07, 6.45) is 4.72. The van der Waals surface area contributed by atoms with Crippen LogP contribution in [0.15, 0.2) is 54.6 Å². The molecule has 0 aromatic heterocycles. The Balaban J connectivity index is 2.01. The predicted octanol–water partition coefficient (Wildman–Crippen LogP) is 2.93. The largest absolute Gasteiger partial charge is 0.466 e. The molecule has 0 unspecified atom stereocenters. The summed E-state index contributed by atoms with van der Waals surface area (Å²) in [4.78, 5) is 24.1. The van der Waals surface area contributed by atoms with E-state index in [1.165, 1.54) is 0 Å². The van der Waals surface area contributed by atoms with Gasteiger partial charge in [0.2, 0.25) is 0 Å². The van der Waals surface area contributed by atoms with Gasteiger partial charge in [0.1, 0.15) is 5.69 Å². The first-order chi connectivity index (χ1) is 10.8. The standard InChI is InChI=1S/C18H17N2O2/c21-14-20(18(22)16-10-2-1-3-11-16)19-13-7-6-9-15-8-4-5-12-17(15)19/h1-5,8,10-12H,6-7,9,13H2/q+1. The van der Waals surface area contributed by atoms with E-state index < -0.39 is 0 Å². The molecule has 0 saturated carbocycles. The van der Waals surface area contributed by atoms with Gasteiger partial charge < -0.3 is 0 Å². The van der Waals surface area contributed by atoms with Gasteiger partial charge in [0.15, 0.2) is 0 Å². The lowest BCUT2D eigenvalue weighted by atomic mass is 10.1. The molecular weight excluding hydrogens is 276 g/mol. The molecule has 4 heteroatoms. The van der Waals surface area contributed by atoms with Crippen molar-refractivity contribution < 1.29 is 14.3 Å². The number of hydrogen-bond donors (Lipinski definition) is 0. The Labute approximate surface area is 129 Å². The Morgan fingerprint density at radius 2 is 1.73 bits per heavy atom. The van der Waals surface area contributed by atoms with Crippen LogP contribution in [0.3, 0.4) is 0 Å². The molecule has 3 rings (SSSR count). The molecule has 2 aromatic rings. The van der Waals surface area contributed by atoms with Crippen molar-refractivity contribution in [3.63, 3.8) is 0 Å². The molecule has 2 aromatic carbocycles. The van der Waals surface area contributed by atoms with Crippen molar-refractivity contribution in [1.29, 1.82) is 0 Å². The third-order valence-corrected chi connectivity index (χ3v) is 3.88. The highest BCUT2D eigenvalue weighted by molar-refractivity contribution is 5.89. The van der Waals surface area contributed by atoms with Gasteiger partial charge in [-0.1, -0.05) is 36.4 Å². The second-order valence-electron chi connectivity index (χ2n) is 5.28. The lowest BCUT2D eigenvalue weighted by Crippen LogP contribution is -2.40. The number of isocyanates is 1. The number of carbonyl (C=O) groups is 1. The summed E-state index contributed by atoms with van der Waals surface area (Å²) in [5.41, 5.74) is 2.54. The molecule has 0 N–H and O–H groups in total. The third kappa shape index (κ3) is 2.69. The van der Waals surface area contributed by atoms with Crippen molar-refractivity contribution in [2.45, 2.75) is 19.3 Å². The molecule has 1 amide bonds. The highest BCUT2D eigenvalue weighted by Gasteiger charge is 2.32. The van der Waals surface area contributed by atoms with Crippen LogP contribution < -0.4 is 5.01 Å². The van der Waals surface area contributed by atoms with Crippen molar-refractivity contribution in [3.05, 3.63) is 65.7 Å². The molecule has 0 atom stereocenters. The number of hydrazone groups is 1. The SMILES string of the molecule is O=C=[N+](C(=O)c1ccccc1)N1CCCCc2ccccc21. The van der Waals surface area contributed by atoms with E-state index in [2.05, 4.69) is 0 Å². The number of para-hydroxylation sites is 1. The molecule has 0 fully saturated rings. The zero-order valence-corrected chi connectivity index (χ0v) is 12.2. The first kappa shape index (κ1) is 14.2. The predicted molar refractivity (Wildman–Crippen MR) is 83.5 cm³/mol. The second-order valence-corrected chi connectivity index (χ2v) is 5.28. The molecular formula is C18H17N2O2+. The van der Waals surface area contributed by atoms with Crippen LogP contribution in [0.1, 0.15) is 28.8 Å². The Morgan fingerprint density at radius 1 is 1.00 bits per heavy atom. The van der Waals surface area contributed by atoms with Crippen LogP contribution >= 0.6 is 0 Å². The molecule has 0 spiro atoms. The summed E-state index contributed by atoms with van der Waals surface area (Å²) >= 11 is 0. The number of hydrazine groups is 1. The van der Waals surface area contributed by atoms with Gasteiger partial charge in [-0.2, -0.15) is 4.79 Å². The third-order valence-electron chi connectivity index (χ3n) is 3.88. The Hall–Kier alpha value is -2.71. The molecule has 0 aliphatic carbocycles. The van der Waals surface area contributed by atoms with Crippen LogP contribution in [0, 0.1) is 0 Å². The average molecular weight is 293 g/mol. The van der Waals surface area contributed by atoms with Crippen LogP contribution in [0.4, 0.5) is 5.69 Å². The minimum atomic E-state index is -0.354. The number of benzene rings is 2. The van der Waals surface area contributed by atoms with Gasteiger partial charge in [-0.25, -0.2) is 4.79 Å². The van der Waals surface area contributed by atoms with E-state index in [1.807, 2.05) is 30.3 Å². The van der Waals surface area contributed by atoms with Crippen molar-refractivity contribution in [2.75, 3.05) is 11.6 Å². The molecule has 0 saturated heterocycles. The molecule has 1 aliphatic heterocycles. The van der Waals surface area contributed by atoms with Gasteiger partial charge in [-0.3, -0.25) is 0 Å². The fraction of sp³-hybridized carbons (Fsp3) is 0.222. The lowest BCUT2D eigenvalue weighted by molar-refractivity contribution is -0.441. The Bertz CT molecular complexity index is 734. The monoisotopic (exact) mass is 293 g/mol. The quantitative estimate of drug-likeness (QED) is 0.485. The maximum atomic E-state index is 12.6. The smallest absolute Gasteiger partial charge is 0.210 e. The average Bonchev–Trinajstić information content (AvgIpc) is 2.79. The van der Waals surface area contributed by atoms with Crippen LogP contribution in [-0.4, -0.2) is 23.2 Å². The van der Waals surface area contributed by atoms with E-state index >= 15 is 0 Å². The minimum Gasteiger partial charge on any atom is -0.210 e. The Kier molecular flexibility index (Phi) is 4.12. The maximum Gasteiger partial charge on any atom is 0.466 e. The highest BCUT2D eigenvalue weighted by atomic mass is 16.2. The van der Waals surface area contributed by atoms with E-state index in [0.29, 0.717) is 12.1 Å². The van der Waals surface area contributed by atoms with Crippen molar-refractivity contribution in [3.8, 4) is 0 Å². The van der Waals surface area contributed by atoms with Gasteiger partial charge in [-0.15, -0.1) is 5.01 Å². The second kappa shape index (κ2) is 6.37. The van der Waals surface area contributed by atoms with Crippen molar-refractivity contribution >= 4 is 17.7 Å². The summed E-state index contributed by atoms with van der Waals surface area (Å²) in [6.45, 7) is 0.630. The highest BCUT2D eigenvalue weighted by Crippen LogP contribution is 2.26. The number of amides is 1. The molecule has 22 heavy (non-hydrogen) atoms. The molecule has 1 heterocycles. The fourth-order valence-corrected chi connectivity index (χ4v) is 2.78. The fourth-order valence-electron chi connectivity index (χ4n) is 2.78. The molecule has 0 radical (unpaired) electrons. The van der Waals surface area contributed by atoms with Gasteiger partial charge in [-0.05, 0) is 43.0 Å². The van der Waals surface area contributed by atoms with Gasteiger partial charge in [0, 0.05) is 0 Å². The summed E-state index contributed by atoms with van der Waals surface area (Å²) in [7, 11) is 0. The molecule has 110 valence electrons. The zero-order valence-electron chi connectivity index (χ0n) is 12.2. The van der Waals surface area contributed by atoms with E-state index in [9.17, 15) is 9.59 Å². The van der Waals surface area contributed by atoms with Gasteiger partial charge in [0.05, 0.1) is 16.8 Å². The number of aryl methyl sites for hydroxylation is 1. The molecule has 0 bridgehead atoms. The van der Waals surface area contributed by atoms with Crippen molar-refractivity contribution in [1.82, 2.24) is 0 Å². The molecule has 4 nitrogen and oxygen atoms in total. The summed E-state index contributed by atoms with van der Waals surface area (Å²) in [5.74, 6) is -0.354. The number of anilines is 1. The zero-order chi connectivity index (χ0) is 15.4. The normalized spacial score (nSPS) is 13.7. The first-order valence-electron chi connectivity index (χ1n) is 7.44. The number of rotatable bonds is 2. The van der Waals surface area contributed by atoms with Crippen LogP contribution in [0.5, 0.6) is 0 Å². The van der Waals surface area contributed by atoms with Gasteiger partial charge in [0.25, 0.3) is 0 Å². The number of nitrogens with zero attached hydrogens (tertiary/aromatic N) is 2. The van der Waals surface area contributed by atoms with Crippen molar-refractivity contribution in [2.24, 2.45) is 0 Å². The van der Waals surface area contributed by atoms with E-state index in [1.54, 1.807) is 35.4 Å². The van der Waals surface area contributed by atoms with E-state index in [0.717, 1.165) is 35.2 Å². The summed E-state index contributed by atoms with van der Waals surface area (Å²) < 4.78 is 1.07. The lowest BCUT2D eigenvalue weighted by Gasteiger charge is -2.16. The minimum absolute atomic E-state index is 0.354. The van der Waals surface area contributed by atoms with Crippen LogP contribution in [-0.2, 0) is 11.2 Å². The topological polar surface area (TPSA) is 40.4 Å². The summed E-state index contributed by atoms with van der Waals surface area (Å²) in [6, 6.07) is 16.7. The van der Waals surface area contributed by atoms with Gasteiger partial charge >= 0.3 is 12.0 Å². The number of fused-ring (bicyclic) bond motifs is 1. The Morgan fingerprint density at radius 3 is 2.50 bits per heavy atom. The first-order valence-corrected chi connectivity index (χ1v) is 7.44. The number of carbonyl (C=O) groups excluding carboxylic acids is 2. The summed E-state index contributed by atoms with van der Waals surface area (Å²) in [5, 5.41) is 1.74. The number of hydrogen-bond acceptors (Lipinski definition) is 3. The van der Waals surface area contributed by atoms with Crippen LogP contribution in [0.25, 0.3) is 0 Å². The van der Waals surface area contributed by atoms with Crippen LogP contribution in [0.2, 0.25) is 0 Å². The maximum absolute atomic E-state index is 12.6. The van der Waals surface area contributed by atoms with E-state index in [4.69, 9.17) is 0 Å².